The van der Waals surface area contributed by atoms with Crippen molar-refractivity contribution < 1.29 is 0 Å². The molecule has 6 heteroatoms. The van der Waals surface area contributed by atoms with Crippen molar-refractivity contribution in [3.63, 3.8) is 0 Å². The molecular weight excluding hydrogens is 260 g/mol. The van der Waals surface area contributed by atoms with Gasteiger partial charge < -0.3 is 11.2 Å². The summed E-state index contributed by atoms with van der Waals surface area (Å²) in [5.74, 6) is 6.20. The largest absolute Gasteiger partial charge is 0.352 e. The van der Waals surface area contributed by atoms with E-state index in [1.54, 1.807) is 0 Å². The van der Waals surface area contributed by atoms with Crippen molar-refractivity contribution >= 4 is 37.6 Å². The highest BCUT2D eigenvalue weighted by atomic mass is 32.1. The van der Waals surface area contributed by atoms with Crippen molar-refractivity contribution in [1.29, 1.82) is 0 Å². The lowest BCUT2D eigenvalue weighted by Crippen LogP contribution is -2.32. The van der Waals surface area contributed by atoms with Gasteiger partial charge >= 0.3 is 0 Å². The number of nitrogens with zero attached hydrogens (tertiary/aromatic N) is 2. The summed E-state index contributed by atoms with van der Waals surface area (Å²) in [6.07, 6.45) is 0. The van der Waals surface area contributed by atoms with Crippen LogP contribution >= 0.6 is 11.3 Å². The van der Waals surface area contributed by atoms with E-state index in [1.807, 2.05) is 38.1 Å². The number of nitrogen functional groups attached to an aromatic ring is 1. The van der Waals surface area contributed by atoms with E-state index in [0.717, 1.165) is 20.3 Å². The van der Waals surface area contributed by atoms with Crippen LogP contribution in [0, 0.1) is 0 Å². The Balaban J connectivity index is 2.40. The van der Waals surface area contributed by atoms with Crippen LogP contribution in [0.2, 0.25) is 0 Å². The molecule has 3 aromatic rings. The maximum absolute atomic E-state index is 12.3. The Morgan fingerprint density at radius 2 is 2.11 bits per heavy atom. The molecule has 19 heavy (non-hydrogen) atoms. The summed E-state index contributed by atoms with van der Waals surface area (Å²) < 4.78 is 2.72. The summed E-state index contributed by atoms with van der Waals surface area (Å²) in [5.41, 5.74) is 0.504. The molecule has 0 fully saturated rings. The fraction of sp³-hybridized carbons (Fsp3) is 0.231. The van der Waals surface area contributed by atoms with Crippen molar-refractivity contribution in [3.8, 4) is 0 Å². The van der Waals surface area contributed by atoms with Crippen molar-refractivity contribution in [2.75, 3.05) is 11.2 Å². The average Bonchev–Trinajstić information content (AvgIpc) is 2.74. The van der Waals surface area contributed by atoms with Gasteiger partial charge in [0.1, 0.15) is 4.70 Å². The topological polar surface area (TPSA) is 72.9 Å². The molecule has 0 spiro atoms. The Hall–Kier alpha value is -2.08. The van der Waals surface area contributed by atoms with E-state index in [4.69, 9.17) is 5.84 Å². The molecule has 5 nitrogen and oxygen atoms in total. The van der Waals surface area contributed by atoms with Gasteiger partial charge in [-0.3, -0.25) is 4.79 Å². The number of rotatable bonds is 2. The number of benzene rings is 1. The summed E-state index contributed by atoms with van der Waals surface area (Å²) in [7, 11) is 0. The Labute approximate surface area is 113 Å². The van der Waals surface area contributed by atoms with Gasteiger partial charge in [0.25, 0.3) is 5.56 Å². The second kappa shape index (κ2) is 4.24. The SMILES string of the molecule is CC(C)Nc1nc2c(sc3ccccc32)c(=O)n1N. The van der Waals surface area contributed by atoms with Gasteiger partial charge in [-0.05, 0) is 19.9 Å². The second-order valence-corrected chi connectivity index (χ2v) is 5.74. The number of thiophene rings is 1. The first kappa shape index (κ1) is 12.0. The predicted octanol–water partition coefficient (Wildman–Crippen LogP) is 2.15. The molecule has 0 amide bonds. The van der Waals surface area contributed by atoms with Crippen molar-refractivity contribution in [1.82, 2.24) is 9.66 Å². The highest BCUT2D eigenvalue weighted by molar-refractivity contribution is 7.25. The minimum Gasteiger partial charge on any atom is -0.352 e. The van der Waals surface area contributed by atoms with Gasteiger partial charge in [0.05, 0.1) is 5.52 Å². The first-order chi connectivity index (χ1) is 9.08. The van der Waals surface area contributed by atoms with Gasteiger partial charge in [0.2, 0.25) is 5.95 Å². The van der Waals surface area contributed by atoms with Gasteiger partial charge in [-0.25, -0.2) is 4.98 Å². The molecule has 0 unspecified atom stereocenters. The van der Waals surface area contributed by atoms with E-state index in [2.05, 4.69) is 10.3 Å². The summed E-state index contributed by atoms with van der Waals surface area (Å²) in [6, 6.07) is 8.01. The lowest BCUT2D eigenvalue weighted by Gasteiger charge is -2.12. The molecular formula is C13H14N4OS. The number of nitrogens with one attached hydrogen (secondary N) is 1. The molecule has 0 saturated heterocycles. The third kappa shape index (κ3) is 1.84. The summed E-state index contributed by atoms with van der Waals surface area (Å²) >= 11 is 1.43. The predicted molar refractivity (Wildman–Crippen MR) is 80.3 cm³/mol. The van der Waals surface area contributed by atoms with Crippen LogP contribution in [-0.4, -0.2) is 15.7 Å². The molecule has 2 aromatic heterocycles. The first-order valence-electron chi connectivity index (χ1n) is 6.04. The van der Waals surface area contributed by atoms with Crippen LogP contribution < -0.4 is 16.7 Å². The second-order valence-electron chi connectivity index (χ2n) is 4.69. The van der Waals surface area contributed by atoms with E-state index in [9.17, 15) is 4.79 Å². The third-order valence-electron chi connectivity index (χ3n) is 2.85. The number of hydrogen-bond acceptors (Lipinski definition) is 5. The van der Waals surface area contributed by atoms with E-state index in [1.165, 1.54) is 11.3 Å². The lowest BCUT2D eigenvalue weighted by molar-refractivity contribution is 0.830. The highest BCUT2D eigenvalue weighted by Crippen LogP contribution is 2.30. The summed E-state index contributed by atoms with van der Waals surface area (Å²) in [6.45, 7) is 3.95. The molecule has 1 aromatic carbocycles. The zero-order chi connectivity index (χ0) is 13.6. The zero-order valence-corrected chi connectivity index (χ0v) is 11.5. The standard InChI is InChI=1S/C13H14N4OS/c1-7(2)15-13-16-10-8-5-3-4-6-9(8)19-11(10)12(18)17(13)14/h3-7H,14H2,1-2H3,(H,15,16). The van der Waals surface area contributed by atoms with Crippen molar-refractivity contribution in [2.24, 2.45) is 0 Å². The Kier molecular flexibility index (Phi) is 2.67. The van der Waals surface area contributed by atoms with Gasteiger partial charge in [-0.2, -0.15) is 4.68 Å². The maximum Gasteiger partial charge on any atom is 0.291 e. The number of hydrogen-bond donors (Lipinski definition) is 2. The molecule has 98 valence electrons. The minimum atomic E-state index is -0.214. The molecule has 3 rings (SSSR count). The fourth-order valence-electron chi connectivity index (χ4n) is 2.01. The van der Waals surface area contributed by atoms with Gasteiger partial charge in [-0.1, -0.05) is 18.2 Å². The van der Waals surface area contributed by atoms with Crippen LogP contribution in [0.3, 0.4) is 0 Å². The smallest absolute Gasteiger partial charge is 0.291 e. The number of fused-ring (bicyclic) bond motifs is 3. The molecule has 3 N–H and O–H groups in total. The number of anilines is 1. The van der Waals surface area contributed by atoms with Crippen LogP contribution in [0.5, 0.6) is 0 Å². The van der Waals surface area contributed by atoms with Crippen molar-refractivity contribution in [3.05, 3.63) is 34.6 Å². The van der Waals surface area contributed by atoms with Crippen LogP contribution in [0.4, 0.5) is 5.95 Å². The van der Waals surface area contributed by atoms with Crippen molar-refractivity contribution in [2.45, 2.75) is 19.9 Å². The van der Waals surface area contributed by atoms with Gasteiger partial charge in [-0.15, -0.1) is 11.3 Å². The Morgan fingerprint density at radius 3 is 2.84 bits per heavy atom. The third-order valence-corrected chi connectivity index (χ3v) is 3.99. The molecule has 0 radical (unpaired) electrons. The maximum atomic E-state index is 12.3. The van der Waals surface area contributed by atoms with E-state index in [-0.39, 0.29) is 11.6 Å². The van der Waals surface area contributed by atoms with Crippen LogP contribution in [0.1, 0.15) is 13.8 Å². The van der Waals surface area contributed by atoms with Gasteiger partial charge in [0, 0.05) is 16.1 Å². The monoisotopic (exact) mass is 274 g/mol. The molecule has 0 aliphatic carbocycles. The fourth-order valence-corrected chi connectivity index (χ4v) is 3.09. The van der Waals surface area contributed by atoms with Crippen LogP contribution in [-0.2, 0) is 0 Å². The molecule has 2 heterocycles. The molecule has 0 atom stereocenters. The lowest BCUT2D eigenvalue weighted by atomic mass is 10.2. The number of aromatic nitrogens is 2. The van der Waals surface area contributed by atoms with E-state index < -0.39 is 0 Å². The minimum absolute atomic E-state index is 0.157. The first-order valence-corrected chi connectivity index (χ1v) is 6.85. The highest BCUT2D eigenvalue weighted by Gasteiger charge is 2.14. The summed E-state index contributed by atoms with van der Waals surface area (Å²) in [5, 5.41) is 4.08. The number of nitrogens with two attached hydrogens (primary N) is 1. The van der Waals surface area contributed by atoms with Crippen LogP contribution in [0.25, 0.3) is 20.3 Å². The molecule has 0 bridgehead atoms. The van der Waals surface area contributed by atoms with Crippen LogP contribution in [0.15, 0.2) is 29.1 Å². The molecule has 0 aliphatic heterocycles. The van der Waals surface area contributed by atoms with E-state index in [0.29, 0.717) is 10.6 Å². The molecule has 0 aliphatic rings. The molecule has 0 saturated carbocycles. The zero-order valence-electron chi connectivity index (χ0n) is 10.7. The van der Waals surface area contributed by atoms with E-state index >= 15 is 0 Å². The summed E-state index contributed by atoms with van der Waals surface area (Å²) in [4.78, 5) is 16.8. The quantitative estimate of drug-likeness (QED) is 0.702. The Morgan fingerprint density at radius 1 is 1.37 bits per heavy atom. The average molecular weight is 274 g/mol. The normalized spacial score (nSPS) is 11.5. The Bertz CT molecular complexity index is 818. The van der Waals surface area contributed by atoms with Gasteiger partial charge in [0.15, 0.2) is 0 Å².